The van der Waals surface area contributed by atoms with Crippen LogP contribution in [0.1, 0.15) is 43.5 Å². The lowest BCUT2D eigenvalue weighted by Gasteiger charge is -2.21. The summed E-state index contributed by atoms with van der Waals surface area (Å²) in [4.78, 5) is 22.5. The van der Waals surface area contributed by atoms with Crippen LogP contribution < -0.4 is 5.32 Å². The number of nitrogens with one attached hydrogen (secondary N) is 1. The molecule has 0 bridgehead atoms. The standard InChI is InChI=1S/C23H23N7O/c1-14(2)19(23-29-21(30-31-23)16-8-12-25-13-9-16)27-22-17-4-3-5-18(17)26-20(28-22)15-6-10-24-11-7-15/h6-14,19H,3-5H2,1-2H3,(H,26,27,28). The lowest BCUT2D eigenvalue weighted by Crippen LogP contribution is -2.19. The number of pyridine rings is 2. The first-order valence-electron chi connectivity index (χ1n) is 10.5. The minimum atomic E-state index is -0.173. The Morgan fingerprint density at radius 1 is 0.839 bits per heavy atom. The van der Waals surface area contributed by atoms with Gasteiger partial charge < -0.3 is 9.84 Å². The molecular weight excluding hydrogens is 390 g/mol. The lowest BCUT2D eigenvalue weighted by atomic mass is 10.0. The van der Waals surface area contributed by atoms with Gasteiger partial charge in [-0.2, -0.15) is 4.98 Å². The number of nitrogens with zero attached hydrogens (tertiary/aromatic N) is 6. The molecule has 0 fully saturated rings. The van der Waals surface area contributed by atoms with Crippen LogP contribution in [0.2, 0.25) is 0 Å². The van der Waals surface area contributed by atoms with Gasteiger partial charge >= 0.3 is 0 Å². The Balaban J connectivity index is 1.50. The van der Waals surface area contributed by atoms with Crippen molar-refractivity contribution in [1.29, 1.82) is 0 Å². The summed E-state index contributed by atoms with van der Waals surface area (Å²) in [5.41, 5.74) is 4.11. The van der Waals surface area contributed by atoms with E-state index in [2.05, 4.69) is 39.3 Å². The second kappa shape index (κ2) is 8.22. The third-order valence-electron chi connectivity index (χ3n) is 5.48. The van der Waals surface area contributed by atoms with E-state index in [1.807, 2.05) is 24.3 Å². The molecule has 0 spiro atoms. The highest BCUT2D eigenvalue weighted by Crippen LogP contribution is 2.33. The molecule has 8 heteroatoms. The minimum Gasteiger partial charge on any atom is -0.358 e. The summed E-state index contributed by atoms with van der Waals surface area (Å²) in [6.07, 6.45) is 9.96. The number of anilines is 1. The molecule has 31 heavy (non-hydrogen) atoms. The van der Waals surface area contributed by atoms with Gasteiger partial charge in [-0.15, -0.1) is 0 Å². The molecule has 4 heterocycles. The molecule has 1 N–H and O–H groups in total. The number of aryl methyl sites for hydroxylation is 1. The molecular formula is C23H23N7O. The van der Waals surface area contributed by atoms with Crippen molar-refractivity contribution in [2.24, 2.45) is 5.92 Å². The minimum absolute atomic E-state index is 0.173. The van der Waals surface area contributed by atoms with Gasteiger partial charge in [0.1, 0.15) is 11.9 Å². The maximum absolute atomic E-state index is 5.65. The monoisotopic (exact) mass is 413 g/mol. The van der Waals surface area contributed by atoms with E-state index in [1.165, 1.54) is 5.56 Å². The van der Waals surface area contributed by atoms with Crippen LogP contribution in [-0.4, -0.2) is 30.1 Å². The van der Waals surface area contributed by atoms with Gasteiger partial charge in [0, 0.05) is 47.2 Å². The normalized spacial score (nSPS) is 13.9. The quantitative estimate of drug-likeness (QED) is 0.500. The van der Waals surface area contributed by atoms with Crippen LogP contribution in [0, 0.1) is 5.92 Å². The maximum Gasteiger partial charge on any atom is 0.249 e. The average molecular weight is 413 g/mol. The largest absolute Gasteiger partial charge is 0.358 e. The Kier molecular flexibility index (Phi) is 5.11. The summed E-state index contributed by atoms with van der Waals surface area (Å²) in [7, 11) is 0. The zero-order chi connectivity index (χ0) is 21.2. The highest BCUT2D eigenvalue weighted by molar-refractivity contribution is 5.60. The predicted octanol–water partition coefficient (Wildman–Crippen LogP) is 4.28. The van der Waals surface area contributed by atoms with Crippen molar-refractivity contribution in [2.75, 3.05) is 5.32 Å². The Labute approximate surface area is 180 Å². The first-order valence-corrected chi connectivity index (χ1v) is 10.5. The Morgan fingerprint density at radius 2 is 1.52 bits per heavy atom. The molecule has 0 saturated carbocycles. The molecule has 0 aromatic carbocycles. The van der Waals surface area contributed by atoms with Gasteiger partial charge in [-0.25, -0.2) is 9.97 Å². The summed E-state index contributed by atoms with van der Waals surface area (Å²) in [6, 6.07) is 7.42. The van der Waals surface area contributed by atoms with Gasteiger partial charge in [0.15, 0.2) is 5.82 Å². The molecule has 8 nitrogen and oxygen atoms in total. The molecule has 156 valence electrons. The molecule has 1 aliphatic carbocycles. The van der Waals surface area contributed by atoms with Gasteiger partial charge in [-0.1, -0.05) is 19.0 Å². The zero-order valence-corrected chi connectivity index (χ0v) is 17.5. The fraction of sp³-hybridized carbons (Fsp3) is 0.304. The van der Waals surface area contributed by atoms with Crippen LogP contribution in [-0.2, 0) is 12.8 Å². The molecule has 1 atom stereocenters. The van der Waals surface area contributed by atoms with Crippen LogP contribution in [0.5, 0.6) is 0 Å². The van der Waals surface area contributed by atoms with E-state index in [0.29, 0.717) is 17.5 Å². The first kappa shape index (κ1) is 19.3. The van der Waals surface area contributed by atoms with Crippen molar-refractivity contribution in [3.63, 3.8) is 0 Å². The van der Waals surface area contributed by atoms with Crippen molar-refractivity contribution in [2.45, 2.75) is 39.2 Å². The maximum atomic E-state index is 5.65. The van der Waals surface area contributed by atoms with E-state index in [4.69, 9.17) is 14.5 Å². The van der Waals surface area contributed by atoms with Crippen molar-refractivity contribution in [3.05, 3.63) is 66.2 Å². The van der Waals surface area contributed by atoms with Gasteiger partial charge in [0.25, 0.3) is 0 Å². The van der Waals surface area contributed by atoms with E-state index < -0.39 is 0 Å². The van der Waals surface area contributed by atoms with Gasteiger partial charge in [0.05, 0.1) is 0 Å². The highest BCUT2D eigenvalue weighted by Gasteiger charge is 2.27. The van der Waals surface area contributed by atoms with Crippen LogP contribution in [0.3, 0.4) is 0 Å². The van der Waals surface area contributed by atoms with Crippen molar-refractivity contribution in [1.82, 2.24) is 30.1 Å². The fourth-order valence-electron chi connectivity index (χ4n) is 3.82. The second-order valence-corrected chi connectivity index (χ2v) is 7.97. The molecule has 1 unspecified atom stereocenters. The van der Waals surface area contributed by atoms with Crippen molar-refractivity contribution < 1.29 is 4.52 Å². The third-order valence-corrected chi connectivity index (χ3v) is 5.48. The summed E-state index contributed by atoms with van der Waals surface area (Å²) < 4.78 is 5.65. The van der Waals surface area contributed by atoms with Crippen molar-refractivity contribution in [3.8, 4) is 22.8 Å². The Hall–Kier alpha value is -3.68. The van der Waals surface area contributed by atoms with Crippen molar-refractivity contribution >= 4 is 5.82 Å². The number of aromatic nitrogens is 6. The van der Waals surface area contributed by atoms with E-state index in [-0.39, 0.29) is 12.0 Å². The summed E-state index contributed by atoms with van der Waals surface area (Å²) in [5.74, 6) is 2.85. The second-order valence-electron chi connectivity index (χ2n) is 7.97. The molecule has 4 aromatic heterocycles. The van der Waals surface area contributed by atoms with Crippen LogP contribution >= 0.6 is 0 Å². The topological polar surface area (TPSA) is 103 Å². The zero-order valence-electron chi connectivity index (χ0n) is 17.5. The smallest absolute Gasteiger partial charge is 0.249 e. The third kappa shape index (κ3) is 3.88. The average Bonchev–Trinajstić information content (AvgIpc) is 3.48. The number of hydrogen-bond donors (Lipinski definition) is 1. The molecule has 0 radical (unpaired) electrons. The van der Waals surface area contributed by atoms with E-state index >= 15 is 0 Å². The predicted molar refractivity (Wildman–Crippen MR) is 116 cm³/mol. The molecule has 0 aliphatic heterocycles. The number of fused-ring (bicyclic) bond motifs is 1. The van der Waals surface area contributed by atoms with Crippen LogP contribution in [0.25, 0.3) is 22.8 Å². The Bertz CT molecular complexity index is 1180. The SMILES string of the molecule is CC(C)C(Nc1nc(-c2ccncc2)nc2c1CCC2)c1nc(-c2ccncc2)no1. The molecule has 4 aromatic rings. The Morgan fingerprint density at radius 3 is 2.19 bits per heavy atom. The van der Waals surface area contributed by atoms with Crippen LogP contribution in [0.15, 0.2) is 53.6 Å². The lowest BCUT2D eigenvalue weighted by molar-refractivity contribution is 0.335. The molecule has 0 saturated heterocycles. The summed E-state index contributed by atoms with van der Waals surface area (Å²) >= 11 is 0. The summed E-state index contributed by atoms with van der Waals surface area (Å²) in [6.45, 7) is 4.25. The van der Waals surface area contributed by atoms with Gasteiger partial charge in [-0.05, 0) is 49.4 Å². The summed E-state index contributed by atoms with van der Waals surface area (Å²) in [5, 5.41) is 7.77. The van der Waals surface area contributed by atoms with Gasteiger partial charge in [0.2, 0.25) is 11.7 Å². The van der Waals surface area contributed by atoms with Crippen LogP contribution in [0.4, 0.5) is 5.82 Å². The van der Waals surface area contributed by atoms with E-state index in [9.17, 15) is 0 Å². The number of rotatable bonds is 6. The van der Waals surface area contributed by atoms with E-state index in [1.54, 1.807) is 24.8 Å². The van der Waals surface area contributed by atoms with Gasteiger partial charge in [-0.3, -0.25) is 9.97 Å². The molecule has 0 amide bonds. The molecule has 5 rings (SSSR count). The van der Waals surface area contributed by atoms with E-state index in [0.717, 1.165) is 41.9 Å². The fourth-order valence-corrected chi connectivity index (χ4v) is 3.82. The first-order chi connectivity index (χ1) is 15.2. The number of hydrogen-bond acceptors (Lipinski definition) is 8. The highest BCUT2D eigenvalue weighted by atomic mass is 16.5. The molecule has 1 aliphatic rings.